The number of Topliss-reactive ketones (excluding diaryl/α,β-unsaturated/α-hetero) is 1. The highest BCUT2D eigenvalue weighted by Gasteiger charge is 2.17. The van der Waals surface area contributed by atoms with E-state index in [2.05, 4.69) is 4.98 Å². The molecule has 0 aliphatic rings. The third kappa shape index (κ3) is 4.54. The van der Waals surface area contributed by atoms with Crippen molar-refractivity contribution in [2.45, 2.75) is 13.5 Å². The van der Waals surface area contributed by atoms with Crippen molar-refractivity contribution < 1.29 is 23.8 Å². The van der Waals surface area contributed by atoms with Gasteiger partial charge in [0.25, 0.3) is 0 Å². The molecular weight excluding hydrogens is 358 g/mol. The third-order valence-corrected chi connectivity index (χ3v) is 3.99. The lowest BCUT2D eigenvalue weighted by molar-refractivity contribution is 0.0466. The molecule has 0 saturated carbocycles. The molecule has 0 aliphatic heterocycles. The smallest absolute Gasteiger partial charge is 0.344 e. The predicted molar refractivity (Wildman–Crippen MR) is 103 cm³/mol. The van der Waals surface area contributed by atoms with Gasteiger partial charge in [-0.2, -0.15) is 0 Å². The van der Waals surface area contributed by atoms with E-state index in [0.717, 1.165) is 0 Å². The van der Waals surface area contributed by atoms with E-state index in [4.69, 9.17) is 14.2 Å². The lowest BCUT2D eigenvalue weighted by Gasteiger charge is -2.12. The molecule has 28 heavy (non-hydrogen) atoms. The van der Waals surface area contributed by atoms with Gasteiger partial charge in [0.15, 0.2) is 5.78 Å². The maximum atomic E-state index is 12.6. The van der Waals surface area contributed by atoms with Gasteiger partial charge in [-0.05, 0) is 49.4 Å². The largest absolute Gasteiger partial charge is 0.496 e. The first-order valence-corrected chi connectivity index (χ1v) is 8.61. The Bertz CT molecular complexity index is 985. The number of benzene rings is 2. The summed E-state index contributed by atoms with van der Waals surface area (Å²) in [5, 5.41) is 0. The Morgan fingerprint density at radius 1 is 1.00 bits per heavy atom. The summed E-state index contributed by atoms with van der Waals surface area (Å²) in [6, 6.07) is 17.2. The van der Waals surface area contributed by atoms with Crippen LogP contribution in [0.5, 0.6) is 17.4 Å². The molecule has 142 valence electrons. The van der Waals surface area contributed by atoms with Gasteiger partial charge in [-0.25, -0.2) is 9.78 Å². The Morgan fingerprint density at radius 3 is 2.50 bits per heavy atom. The zero-order valence-corrected chi connectivity index (χ0v) is 15.5. The van der Waals surface area contributed by atoms with E-state index < -0.39 is 5.97 Å². The van der Waals surface area contributed by atoms with Crippen molar-refractivity contribution in [3.05, 3.63) is 83.6 Å². The van der Waals surface area contributed by atoms with Gasteiger partial charge in [0.2, 0.25) is 5.88 Å². The number of nitrogens with zero attached hydrogens (tertiary/aromatic N) is 1. The number of para-hydroxylation sites is 1. The number of rotatable bonds is 7. The highest BCUT2D eigenvalue weighted by atomic mass is 16.5. The molecule has 3 aromatic rings. The molecule has 0 fully saturated rings. The summed E-state index contributed by atoms with van der Waals surface area (Å²) in [6.07, 6.45) is 1.54. The van der Waals surface area contributed by atoms with E-state index in [9.17, 15) is 9.59 Å². The predicted octanol–water partition coefficient (Wildman–Crippen LogP) is 4.44. The average Bonchev–Trinajstić information content (AvgIpc) is 2.73. The van der Waals surface area contributed by atoms with Crippen LogP contribution in [0.3, 0.4) is 0 Å². The van der Waals surface area contributed by atoms with Crippen molar-refractivity contribution in [1.82, 2.24) is 4.98 Å². The van der Waals surface area contributed by atoms with Crippen LogP contribution in [0.2, 0.25) is 0 Å². The van der Waals surface area contributed by atoms with Crippen LogP contribution in [-0.4, -0.2) is 23.8 Å². The number of carbonyl (C=O) groups excluding carboxylic acids is 2. The van der Waals surface area contributed by atoms with Crippen molar-refractivity contribution in [2.75, 3.05) is 7.11 Å². The van der Waals surface area contributed by atoms with Crippen molar-refractivity contribution in [2.24, 2.45) is 0 Å². The molecule has 3 rings (SSSR count). The molecule has 6 heteroatoms. The monoisotopic (exact) mass is 377 g/mol. The minimum Gasteiger partial charge on any atom is -0.496 e. The highest BCUT2D eigenvalue weighted by molar-refractivity contribution is 5.94. The summed E-state index contributed by atoms with van der Waals surface area (Å²) in [4.78, 5) is 28.3. The summed E-state index contributed by atoms with van der Waals surface area (Å²) in [6.45, 7) is 1.42. The second-order valence-corrected chi connectivity index (χ2v) is 5.93. The molecule has 1 heterocycles. The SMILES string of the molecule is COc1ccc(C(C)=O)cc1COC(=O)c1cccnc1Oc1ccccc1. The Kier molecular flexibility index (Phi) is 6.01. The molecule has 0 amide bonds. The van der Waals surface area contributed by atoms with Gasteiger partial charge in [0.05, 0.1) is 7.11 Å². The standard InChI is InChI=1S/C22H19NO5/c1-15(24)16-10-11-20(26-2)17(13-16)14-27-22(25)19-9-6-12-23-21(19)28-18-7-4-3-5-8-18/h3-13H,14H2,1-2H3. The molecule has 6 nitrogen and oxygen atoms in total. The number of pyridine rings is 1. The maximum Gasteiger partial charge on any atom is 0.344 e. The quantitative estimate of drug-likeness (QED) is 0.448. The molecule has 0 aliphatic carbocycles. The minimum atomic E-state index is -0.589. The van der Waals surface area contributed by atoms with Crippen LogP contribution < -0.4 is 9.47 Å². The van der Waals surface area contributed by atoms with Gasteiger partial charge in [-0.3, -0.25) is 4.79 Å². The van der Waals surface area contributed by atoms with Crippen molar-refractivity contribution in [1.29, 1.82) is 0 Å². The van der Waals surface area contributed by atoms with Crippen LogP contribution in [0.15, 0.2) is 66.9 Å². The molecule has 0 spiro atoms. The van der Waals surface area contributed by atoms with E-state index in [1.165, 1.54) is 20.2 Å². The van der Waals surface area contributed by atoms with E-state index in [-0.39, 0.29) is 23.8 Å². The van der Waals surface area contributed by atoms with Crippen LogP contribution in [0.25, 0.3) is 0 Å². The molecule has 0 unspecified atom stereocenters. The lowest BCUT2D eigenvalue weighted by Crippen LogP contribution is -2.09. The number of ketones is 1. The Labute approximate surface area is 162 Å². The van der Waals surface area contributed by atoms with Crippen LogP contribution >= 0.6 is 0 Å². The van der Waals surface area contributed by atoms with Gasteiger partial charge in [-0.1, -0.05) is 18.2 Å². The summed E-state index contributed by atoms with van der Waals surface area (Å²) < 4.78 is 16.4. The summed E-state index contributed by atoms with van der Waals surface area (Å²) in [7, 11) is 1.51. The Balaban J connectivity index is 1.77. The Morgan fingerprint density at radius 2 is 1.79 bits per heavy atom. The average molecular weight is 377 g/mol. The molecule has 0 saturated heterocycles. The molecule has 0 N–H and O–H groups in total. The number of esters is 1. The second-order valence-electron chi connectivity index (χ2n) is 5.93. The van der Waals surface area contributed by atoms with Crippen molar-refractivity contribution in [3.63, 3.8) is 0 Å². The normalized spacial score (nSPS) is 10.2. The topological polar surface area (TPSA) is 74.7 Å². The zero-order valence-electron chi connectivity index (χ0n) is 15.5. The zero-order chi connectivity index (χ0) is 19.9. The Hall–Kier alpha value is -3.67. The number of methoxy groups -OCH3 is 1. The summed E-state index contributed by atoms with van der Waals surface area (Å²) in [5.41, 5.74) is 1.31. The minimum absolute atomic E-state index is 0.0528. The number of aromatic nitrogens is 1. The van der Waals surface area contributed by atoms with Crippen molar-refractivity contribution in [3.8, 4) is 17.4 Å². The number of ether oxygens (including phenoxy) is 3. The third-order valence-electron chi connectivity index (χ3n) is 3.99. The van der Waals surface area contributed by atoms with E-state index >= 15 is 0 Å². The van der Waals surface area contributed by atoms with Gasteiger partial charge >= 0.3 is 5.97 Å². The molecule has 0 bridgehead atoms. The number of hydrogen-bond acceptors (Lipinski definition) is 6. The van der Waals surface area contributed by atoms with Crippen LogP contribution in [0, 0.1) is 0 Å². The van der Waals surface area contributed by atoms with Gasteiger partial charge in [0.1, 0.15) is 23.7 Å². The first-order valence-electron chi connectivity index (χ1n) is 8.61. The molecule has 2 aromatic carbocycles. The molecular formula is C22H19NO5. The molecule has 1 aromatic heterocycles. The first-order chi connectivity index (χ1) is 13.6. The van der Waals surface area contributed by atoms with E-state index in [1.54, 1.807) is 42.5 Å². The van der Waals surface area contributed by atoms with Gasteiger partial charge in [-0.15, -0.1) is 0 Å². The summed E-state index contributed by atoms with van der Waals surface area (Å²) in [5.74, 6) is 0.578. The lowest BCUT2D eigenvalue weighted by atomic mass is 10.1. The highest BCUT2D eigenvalue weighted by Crippen LogP contribution is 2.25. The van der Waals surface area contributed by atoms with Crippen LogP contribution in [-0.2, 0) is 11.3 Å². The number of carbonyl (C=O) groups is 2. The fourth-order valence-corrected chi connectivity index (χ4v) is 2.56. The fourth-order valence-electron chi connectivity index (χ4n) is 2.56. The first kappa shape index (κ1) is 19.1. The van der Waals surface area contributed by atoms with Crippen LogP contribution in [0.1, 0.15) is 33.2 Å². The van der Waals surface area contributed by atoms with Crippen LogP contribution in [0.4, 0.5) is 0 Å². The second kappa shape index (κ2) is 8.81. The van der Waals surface area contributed by atoms with E-state index in [0.29, 0.717) is 22.6 Å². The fraction of sp³-hybridized carbons (Fsp3) is 0.136. The number of hydrogen-bond donors (Lipinski definition) is 0. The molecule has 0 radical (unpaired) electrons. The maximum absolute atomic E-state index is 12.6. The summed E-state index contributed by atoms with van der Waals surface area (Å²) >= 11 is 0. The molecule has 0 atom stereocenters. The van der Waals surface area contributed by atoms with Gasteiger partial charge in [0, 0.05) is 17.3 Å². The van der Waals surface area contributed by atoms with Gasteiger partial charge < -0.3 is 14.2 Å². The van der Waals surface area contributed by atoms with Crippen molar-refractivity contribution >= 4 is 11.8 Å². The van der Waals surface area contributed by atoms with E-state index in [1.807, 2.05) is 18.2 Å².